The smallest absolute Gasteiger partial charge is 0.0545 e. The van der Waals surface area contributed by atoms with Gasteiger partial charge in [0.15, 0.2) is 0 Å². The summed E-state index contributed by atoms with van der Waals surface area (Å²) in [7, 11) is 0. The number of unbranched alkanes of at least 4 members (excludes halogenated alkanes) is 1. The maximum Gasteiger partial charge on any atom is 0.0545 e. The first-order chi connectivity index (χ1) is 12.3. The number of hydrogen-bond acceptors (Lipinski definition) is 1. The fourth-order valence-corrected chi connectivity index (χ4v) is 3.74. The molecule has 0 heterocycles. The average Bonchev–Trinajstić information content (AvgIpc) is 2.68. The van der Waals surface area contributed by atoms with E-state index < -0.39 is 0 Å². The Morgan fingerprint density at radius 2 is 1.44 bits per heavy atom. The summed E-state index contributed by atoms with van der Waals surface area (Å²) < 4.78 is 0. The van der Waals surface area contributed by atoms with Gasteiger partial charge in [0, 0.05) is 12.2 Å². The Morgan fingerprint density at radius 1 is 0.800 bits per heavy atom. The largest absolute Gasteiger partial charge is 0.364 e. The zero-order valence-electron chi connectivity index (χ0n) is 16.3. The fourth-order valence-electron chi connectivity index (χ4n) is 3.74. The zero-order valence-corrected chi connectivity index (χ0v) is 16.3. The average molecular weight is 338 g/mol. The molecule has 0 aromatic heterocycles. The van der Waals surface area contributed by atoms with Crippen molar-refractivity contribution in [3.8, 4) is 0 Å². The van der Waals surface area contributed by atoms with Gasteiger partial charge in [-0.15, -0.1) is 0 Å². The molecule has 0 bridgehead atoms. The number of anilines is 1. The lowest BCUT2D eigenvalue weighted by Gasteiger charge is -2.36. The van der Waals surface area contributed by atoms with Crippen LogP contribution in [0.1, 0.15) is 70.9 Å². The van der Waals surface area contributed by atoms with Crippen molar-refractivity contribution in [2.24, 2.45) is 5.92 Å². The topological polar surface area (TPSA) is 3.24 Å². The van der Waals surface area contributed by atoms with Crippen molar-refractivity contribution in [1.29, 1.82) is 0 Å². The van der Waals surface area contributed by atoms with Crippen LogP contribution in [0.5, 0.6) is 0 Å². The molecule has 0 fully saturated rings. The van der Waals surface area contributed by atoms with E-state index in [0.29, 0.717) is 6.04 Å². The fraction of sp³-hybridized carbons (Fsp3) is 0.500. The molecule has 2 atom stereocenters. The molecule has 0 aliphatic rings. The molecule has 0 N–H and O–H groups in total. The molecule has 0 amide bonds. The van der Waals surface area contributed by atoms with Gasteiger partial charge in [0.1, 0.15) is 0 Å². The Bertz CT molecular complexity index is 563. The van der Waals surface area contributed by atoms with Gasteiger partial charge in [-0.3, -0.25) is 0 Å². The van der Waals surface area contributed by atoms with Crippen molar-refractivity contribution >= 4 is 5.69 Å². The summed E-state index contributed by atoms with van der Waals surface area (Å²) in [5.74, 6) is 0.799. The van der Waals surface area contributed by atoms with E-state index in [0.717, 1.165) is 12.5 Å². The molecule has 2 rings (SSSR count). The maximum atomic E-state index is 2.63. The molecule has 1 heteroatoms. The second kappa shape index (κ2) is 11.0. The summed E-state index contributed by atoms with van der Waals surface area (Å²) >= 11 is 0. The Labute approximate surface area is 155 Å². The van der Waals surface area contributed by atoms with E-state index in [1.807, 2.05) is 0 Å². The van der Waals surface area contributed by atoms with E-state index in [1.54, 1.807) is 0 Å². The molecule has 0 saturated carbocycles. The monoisotopic (exact) mass is 337 g/mol. The highest BCUT2D eigenvalue weighted by Crippen LogP contribution is 2.34. The second-order valence-corrected chi connectivity index (χ2v) is 7.11. The van der Waals surface area contributed by atoms with E-state index in [2.05, 4.69) is 86.3 Å². The van der Waals surface area contributed by atoms with Crippen LogP contribution in [-0.2, 0) is 0 Å². The maximum absolute atomic E-state index is 2.63. The number of rotatable bonds is 11. The third-order valence-corrected chi connectivity index (χ3v) is 5.21. The Balaban J connectivity index is 2.31. The summed E-state index contributed by atoms with van der Waals surface area (Å²) in [6.07, 6.45) is 7.69. The SMILES string of the molecule is CCCCC(CC)CC(c1ccccc1)N(CCC)c1ccccc1. The first kappa shape index (κ1) is 19.6. The predicted molar refractivity (Wildman–Crippen MR) is 111 cm³/mol. The molecule has 25 heavy (non-hydrogen) atoms. The molecule has 0 spiro atoms. The quantitative estimate of drug-likeness (QED) is 0.417. The summed E-state index contributed by atoms with van der Waals surface area (Å²) in [5.41, 5.74) is 2.80. The minimum absolute atomic E-state index is 0.463. The van der Waals surface area contributed by atoms with Crippen molar-refractivity contribution in [2.75, 3.05) is 11.4 Å². The number of hydrogen-bond donors (Lipinski definition) is 0. The van der Waals surface area contributed by atoms with Crippen LogP contribution >= 0.6 is 0 Å². The molecular weight excluding hydrogens is 302 g/mol. The summed E-state index contributed by atoms with van der Waals surface area (Å²) in [6.45, 7) is 8.05. The number of nitrogens with zero attached hydrogens (tertiary/aromatic N) is 1. The van der Waals surface area contributed by atoms with Crippen LogP contribution in [0.2, 0.25) is 0 Å². The first-order valence-electron chi connectivity index (χ1n) is 10.2. The molecule has 2 unspecified atom stereocenters. The minimum Gasteiger partial charge on any atom is -0.364 e. The van der Waals surface area contributed by atoms with Crippen molar-refractivity contribution in [1.82, 2.24) is 0 Å². The summed E-state index contributed by atoms with van der Waals surface area (Å²) in [5, 5.41) is 0. The molecule has 0 radical (unpaired) electrons. The molecule has 0 aliphatic heterocycles. The van der Waals surface area contributed by atoms with Crippen LogP contribution in [0, 0.1) is 5.92 Å². The highest BCUT2D eigenvalue weighted by atomic mass is 15.2. The highest BCUT2D eigenvalue weighted by Gasteiger charge is 2.23. The van der Waals surface area contributed by atoms with Crippen LogP contribution < -0.4 is 4.90 Å². The lowest BCUT2D eigenvalue weighted by atomic mass is 9.88. The summed E-state index contributed by atoms with van der Waals surface area (Å²) in [4.78, 5) is 2.63. The first-order valence-corrected chi connectivity index (χ1v) is 10.2. The lowest BCUT2D eigenvalue weighted by Crippen LogP contribution is -2.31. The van der Waals surface area contributed by atoms with Crippen LogP contribution in [0.15, 0.2) is 60.7 Å². The molecular formula is C24H35N. The van der Waals surface area contributed by atoms with Crippen molar-refractivity contribution in [2.45, 2.75) is 65.3 Å². The van der Waals surface area contributed by atoms with Gasteiger partial charge in [-0.05, 0) is 36.5 Å². The normalized spacial score (nSPS) is 13.4. The predicted octanol–water partition coefficient (Wildman–Crippen LogP) is 7.25. The summed E-state index contributed by atoms with van der Waals surface area (Å²) in [6, 6.07) is 22.5. The Morgan fingerprint density at radius 3 is 2.00 bits per heavy atom. The lowest BCUT2D eigenvalue weighted by molar-refractivity contribution is 0.376. The standard InChI is InChI=1S/C24H35N/c1-4-7-14-21(6-3)20-24(22-15-10-8-11-16-22)25(19-5-2)23-17-12-9-13-18-23/h8-13,15-18,21,24H,4-7,14,19-20H2,1-3H3. The Hall–Kier alpha value is -1.76. The van der Waals surface area contributed by atoms with E-state index >= 15 is 0 Å². The van der Waals surface area contributed by atoms with Gasteiger partial charge in [0.25, 0.3) is 0 Å². The van der Waals surface area contributed by atoms with Gasteiger partial charge < -0.3 is 4.90 Å². The molecule has 2 aromatic rings. The molecule has 2 aromatic carbocycles. The van der Waals surface area contributed by atoms with Gasteiger partial charge in [0.2, 0.25) is 0 Å². The molecule has 1 nitrogen and oxygen atoms in total. The van der Waals surface area contributed by atoms with E-state index in [1.165, 1.54) is 49.8 Å². The molecule has 0 saturated heterocycles. The third kappa shape index (κ3) is 5.92. The number of benzene rings is 2. The van der Waals surface area contributed by atoms with Crippen molar-refractivity contribution in [3.05, 3.63) is 66.2 Å². The van der Waals surface area contributed by atoms with Gasteiger partial charge in [-0.2, -0.15) is 0 Å². The van der Waals surface area contributed by atoms with Crippen molar-refractivity contribution in [3.63, 3.8) is 0 Å². The second-order valence-electron chi connectivity index (χ2n) is 7.11. The van der Waals surface area contributed by atoms with E-state index in [4.69, 9.17) is 0 Å². The van der Waals surface area contributed by atoms with E-state index in [9.17, 15) is 0 Å². The zero-order chi connectivity index (χ0) is 17.9. The van der Waals surface area contributed by atoms with E-state index in [-0.39, 0.29) is 0 Å². The van der Waals surface area contributed by atoms with Crippen LogP contribution in [-0.4, -0.2) is 6.54 Å². The third-order valence-electron chi connectivity index (χ3n) is 5.21. The van der Waals surface area contributed by atoms with Gasteiger partial charge >= 0.3 is 0 Å². The van der Waals surface area contributed by atoms with Crippen molar-refractivity contribution < 1.29 is 0 Å². The Kier molecular flexibility index (Phi) is 8.59. The highest BCUT2D eigenvalue weighted by molar-refractivity contribution is 5.48. The minimum atomic E-state index is 0.463. The van der Waals surface area contributed by atoms with Crippen LogP contribution in [0.4, 0.5) is 5.69 Å². The number of para-hydroxylation sites is 1. The van der Waals surface area contributed by atoms with Crippen LogP contribution in [0.3, 0.4) is 0 Å². The van der Waals surface area contributed by atoms with Crippen LogP contribution in [0.25, 0.3) is 0 Å². The van der Waals surface area contributed by atoms with Gasteiger partial charge in [-0.1, -0.05) is 95.0 Å². The van der Waals surface area contributed by atoms with Gasteiger partial charge in [0.05, 0.1) is 6.04 Å². The molecule has 136 valence electrons. The van der Waals surface area contributed by atoms with Gasteiger partial charge in [-0.25, -0.2) is 0 Å². The molecule has 0 aliphatic carbocycles.